The molecule has 0 amide bonds. The molecule has 0 bridgehead atoms. The standard InChI is InChI=1S/C22H45NO3/c1-7-10-14-25-21(5,8-2)12-15-26-22(6,9-3)16-20(24)18-23-13-11-19(4)17-23/h19-20,24H,7-18H2,1-6H3. The molecule has 4 nitrogen and oxygen atoms in total. The van der Waals surface area contributed by atoms with E-state index in [1.54, 1.807) is 0 Å². The first-order chi connectivity index (χ1) is 12.3. The first-order valence-corrected chi connectivity index (χ1v) is 10.9. The Morgan fingerprint density at radius 3 is 2.27 bits per heavy atom. The third-order valence-corrected chi connectivity index (χ3v) is 6.17. The number of aliphatic hydroxyl groups excluding tert-OH is 1. The lowest BCUT2D eigenvalue weighted by molar-refractivity contribution is -0.102. The molecule has 1 rings (SSSR count). The first kappa shape index (κ1) is 23.9. The maximum Gasteiger partial charge on any atom is 0.0694 e. The number of rotatable bonds is 14. The van der Waals surface area contributed by atoms with Crippen molar-refractivity contribution in [3.05, 3.63) is 0 Å². The fraction of sp³-hybridized carbons (Fsp3) is 1.00. The zero-order valence-electron chi connectivity index (χ0n) is 18.4. The average molecular weight is 372 g/mol. The maximum atomic E-state index is 10.6. The van der Waals surface area contributed by atoms with Gasteiger partial charge in [0, 0.05) is 26.1 Å². The monoisotopic (exact) mass is 371 g/mol. The molecule has 1 saturated heterocycles. The summed E-state index contributed by atoms with van der Waals surface area (Å²) in [7, 11) is 0. The second-order valence-corrected chi connectivity index (χ2v) is 8.92. The van der Waals surface area contributed by atoms with Crippen molar-refractivity contribution in [2.24, 2.45) is 5.92 Å². The Kier molecular flexibility index (Phi) is 10.7. The predicted molar refractivity (Wildman–Crippen MR) is 110 cm³/mol. The van der Waals surface area contributed by atoms with E-state index in [1.807, 2.05) is 0 Å². The number of unbranched alkanes of at least 4 members (excludes halogenated alkanes) is 1. The Morgan fingerprint density at radius 1 is 1.08 bits per heavy atom. The van der Waals surface area contributed by atoms with E-state index in [1.165, 1.54) is 6.42 Å². The van der Waals surface area contributed by atoms with Crippen LogP contribution in [0.25, 0.3) is 0 Å². The zero-order chi connectivity index (χ0) is 19.6. The Morgan fingerprint density at radius 2 is 1.73 bits per heavy atom. The molecule has 1 N–H and O–H groups in total. The Bertz CT molecular complexity index is 378. The van der Waals surface area contributed by atoms with Gasteiger partial charge in [0.2, 0.25) is 0 Å². The van der Waals surface area contributed by atoms with Crippen LogP contribution in [-0.4, -0.2) is 60.2 Å². The largest absolute Gasteiger partial charge is 0.392 e. The van der Waals surface area contributed by atoms with Crippen LogP contribution in [0.3, 0.4) is 0 Å². The lowest BCUT2D eigenvalue weighted by Crippen LogP contribution is -2.39. The number of ether oxygens (including phenoxy) is 2. The minimum atomic E-state index is -0.316. The van der Waals surface area contributed by atoms with Gasteiger partial charge in [-0.05, 0) is 58.4 Å². The molecule has 0 aromatic rings. The first-order valence-electron chi connectivity index (χ1n) is 10.9. The molecule has 0 aromatic heterocycles. The number of nitrogens with zero attached hydrogens (tertiary/aromatic N) is 1. The molecule has 0 saturated carbocycles. The van der Waals surface area contributed by atoms with Gasteiger partial charge in [-0.3, -0.25) is 0 Å². The molecule has 0 radical (unpaired) electrons. The number of hydrogen-bond donors (Lipinski definition) is 1. The molecule has 1 aliphatic rings. The van der Waals surface area contributed by atoms with E-state index in [2.05, 4.69) is 46.4 Å². The highest BCUT2D eigenvalue weighted by atomic mass is 16.5. The molecule has 4 unspecified atom stereocenters. The van der Waals surface area contributed by atoms with Crippen molar-refractivity contribution < 1.29 is 14.6 Å². The summed E-state index contributed by atoms with van der Waals surface area (Å²) in [6.07, 6.45) is 6.74. The van der Waals surface area contributed by atoms with Crippen molar-refractivity contribution in [1.82, 2.24) is 4.90 Å². The van der Waals surface area contributed by atoms with E-state index < -0.39 is 0 Å². The van der Waals surface area contributed by atoms with Crippen molar-refractivity contribution in [2.75, 3.05) is 32.8 Å². The van der Waals surface area contributed by atoms with Gasteiger partial charge >= 0.3 is 0 Å². The summed E-state index contributed by atoms with van der Waals surface area (Å²) < 4.78 is 12.4. The number of hydrogen-bond acceptors (Lipinski definition) is 4. The lowest BCUT2D eigenvalue weighted by Gasteiger charge is -2.35. The third-order valence-electron chi connectivity index (χ3n) is 6.17. The van der Waals surface area contributed by atoms with Crippen LogP contribution in [0.15, 0.2) is 0 Å². The van der Waals surface area contributed by atoms with Gasteiger partial charge in [0.1, 0.15) is 0 Å². The molecular weight excluding hydrogens is 326 g/mol. The molecule has 1 aliphatic heterocycles. The van der Waals surface area contributed by atoms with Crippen molar-refractivity contribution in [1.29, 1.82) is 0 Å². The number of likely N-dealkylation sites (tertiary alicyclic amines) is 1. The van der Waals surface area contributed by atoms with Gasteiger partial charge in [0.05, 0.1) is 23.9 Å². The fourth-order valence-corrected chi connectivity index (χ4v) is 3.69. The van der Waals surface area contributed by atoms with E-state index in [0.717, 1.165) is 64.3 Å². The fourth-order valence-electron chi connectivity index (χ4n) is 3.69. The second kappa shape index (κ2) is 11.6. The van der Waals surface area contributed by atoms with Gasteiger partial charge in [-0.1, -0.05) is 34.1 Å². The van der Waals surface area contributed by atoms with E-state index in [9.17, 15) is 5.11 Å². The van der Waals surface area contributed by atoms with Crippen LogP contribution >= 0.6 is 0 Å². The summed E-state index contributed by atoms with van der Waals surface area (Å²) >= 11 is 0. The average Bonchev–Trinajstić information content (AvgIpc) is 2.99. The van der Waals surface area contributed by atoms with Crippen LogP contribution in [0.5, 0.6) is 0 Å². The minimum Gasteiger partial charge on any atom is -0.392 e. The minimum absolute atomic E-state index is 0.103. The Balaban J connectivity index is 2.40. The van der Waals surface area contributed by atoms with Crippen molar-refractivity contribution in [3.63, 3.8) is 0 Å². The molecule has 4 heteroatoms. The van der Waals surface area contributed by atoms with Crippen molar-refractivity contribution in [3.8, 4) is 0 Å². The summed E-state index contributed by atoms with van der Waals surface area (Å²) in [6.45, 7) is 17.7. The number of β-amino-alcohol motifs (C(OH)–C–C–N with tert-alkyl or cyclic N) is 1. The molecular formula is C22H45NO3. The van der Waals surface area contributed by atoms with Gasteiger partial charge in [-0.15, -0.1) is 0 Å². The third kappa shape index (κ3) is 8.69. The Labute approximate surface area is 162 Å². The van der Waals surface area contributed by atoms with Gasteiger partial charge in [-0.2, -0.15) is 0 Å². The molecule has 1 heterocycles. The molecule has 156 valence electrons. The lowest BCUT2D eigenvalue weighted by atomic mass is 9.94. The second-order valence-electron chi connectivity index (χ2n) is 8.92. The van der Waals surface area contributed by atoms with Crippen LogP contribution in [-0.2, 0) is 9.47 Å². The van der Waals surface area contributed by atoms with Crippen LogP contribution in [0, 0.1) is 5.92 Å². The van der Waals surface area contributed by atoms with Crippen molar-refractivity contribution >= 4 is 0 Å². The topological polar surface area (TPSA) is 41.9 Å². The summed E-state index contributed by atoms with van der Waals surface area (Å²) in [4.78, 5) is 2.39. The zero-order valence-corrected chi connectivity index (χ0v) is 18.4. The highest BCUT2D eigenvalue weighted by Crippen LogP contribution is 2.27. The molecule has 0 spiro atoms. The van der Waals surface area contributed by atoms with Gasteiger partial charge in [-0.25, -0.2) is 0 Å². The summed E-state index contributed by atoms with van der Waals surface area (Å²) in [5.74, 6) is 0.760. The SMILES string of the molecule is CCCCOC(C)(CC)CCOC(C)(CC)CC(O)CN1CCC(C)C1. The van der Waals surface area contributed by atoms with Crippen LogP contribution in [0.4, 0.5) is 0 Å². The van der Waals surface area contributed by atoms with Crippen LogP contribution in [0.1, 0.15) is 86.5 Å². The molecule has 26 heavy (non-hydrogen) atoms. The van der Waals surface area contributed by atoms with E-state index in [0.29, 0.717) is 13.0 Å². The smallest absolute Gasteiger partial charge is 0.0694 e. The highest BCUT2D eigenvalue weighted by Gasteiger charge is 2.30. The normalized spacial score (nSPS) is 24.3. The summed E-state index contributed by atoms with van der Waals surface area (Å²) in [6, 6.07) is 0. The highest BCUT2D eigenvalue weighted by molar-refractivity contribution is 4.82. The van der Waals surface area contributed by atoms with E-state index >= 15 is 0 Å². The quantitative estimate of drug-likeness (QED) is 0.452. The van der Waals surface area contributed by atoms with Gasteiger partial charge in [0.15, 0.2) is 0 Å². The van der Waals surface area contributed by atoms with Crippen LogP contribution < -0.4 is 0 Å². The molecule has 1 fully saturated rings. The molecule has 0 aromatic carbocycles. The van der Waals surface area contributed by atoms with Crippen LogP contribution in [0.2, 0.25) is 0 Å². The van der Waals surface area contributed by atoms with Crippen molar-refractivity contribution in [2.45, 2.75) is 104 Å². The molecule has 0 aliphatic carbocycles. The molecule has 4 atom stereocenters. The Hall–Kier alpha value is -0.160. The van der Waals surface area contributed by atoms with Gasteiger partial charge in [0.25, 0.3) is 0 Å². The predicted octanol–water partition coefficient (Wildman–Crippen LogP) is 4.64. The van der Waals surface area contributed by atoms with E-state index in [4.69, 9.17) is 9.47 Å². The van der Waals surface area contributed by atoms with E-state index in [-0.39, 0.29) is 17.3 Å². The van der Waals surface area contributed by atoms with Gasteiger partial charge < -0.3 is 19.5 Å². The summed E-state index contributed by atoms with van der Waals surface area (Å²) in [5, 5.41) is 10.6. The maximum absolute atomic E-state index is 10.6. The number of aliphatic hydroxyl groups is 1. The summed E-state index contributed by atoms with van der Waals surface area (Å²) in [5.41, 5.74) is -0.364.